The molecular formula is C34H28O10. The van der Waals surface area contributed by atoms with Gasteiger partial charge in [0.2, 0.25) is 5.79 Å². The number of carbonyl (C=O) groups is 4. The van der Waals surface area contributed by atoms with E-state index in [2.05, 4.69) is 0 Å². The summed E-state index contributed by atoms with van der Waals surface area (Å²) in [4.78, 5) is 52.3. The van der Waals surface area contributed by atoms with Crippen LogP contribution in [0.1, 0.15) is 41.4 Å². The molecule has 3 unspecified atom stereocenters. The number of rotatable bonds is 9. The standard InChI is InChI=1S/C34H28O10/c35-30(23-13-5-1-6-14-23)40-22-34(39)29(44-33(38)26-19-11-4-12-20-26)28(43-32(37)25-17-9-3-10-18-25)27(21-41-34)42-31(36)24-15-7-2-8-16-24/h1-20,27-29,39H,21-22H2/t27?,28?,29?,34-/m1/s1. The molecule has 1 heterocycles. The minimum absolute atomic E-state index is 0.118. The van der Waals surface area contributed by atoms with Gasteiger partial charge in [-0.25, -0.2) is 19.2 Å². The van der Waals surface area contributed by atoms with Crippen LogP contribution in [0.25, 0.3) is 0 Å². The number of aliphatic hydroxyl groups is 1. The minimum Gasteiger partial charge on any atom is -0.456 e. The van der Waals surface area contributed by atoms with Crippen molar-refractivity contribution in [3.05, 3.63) is 144 Å². The first-order valence-corrected chi connectivity index (χ1v) is 13.7. The molecule has 0 saturated carbocycles. The highest BCUT2D eigenvalue weighted by molar-refractivity contribution is 5.91. The van der Waals surface area contributed by atoms with Crippen molar-refractivity contribution < 1.29 is 48.0 Å². The lowest BCUT2D eigenvalue weighted by atomic mass is 9.96. The van der Waals surface area contributed by atoms with Gasteiger partial charge in [0, 0.05) is 0 Å². The molecule has 1 aliphatic rings. The third kappa shape index (κ3) is 7.17. The topological polar surface area (TPSA) is 135 Å². The van der Waals surface area contributed by atoms with Crippen molar-refractivity contribution in [2.45, 2.75) is 24.1 Å². The maximum absolute atomic E-state index is 13.3. The Balaban J connectivity index is 1.48. The summed E-state index contributed by atoms with van der Waals surface area (Å²) in [6.45, 7) is -1.31. The van der Waals surface area contributed by atoms with Gasteiger partial charge in [0.15, 0.2) is 18.3 Å². The molecule has 4 atom stereocenters. The average Bonchev–Trinajstić information content (AvgIpc) is 3.08. The van der Waals surface area contributed by atoms with Gasteiger partial charge in [-0.3, -0.25) is 0 Å². The van der Waals surface area contributed by atoms with Crippen molar-refractivity contribution in [3.8, 4) is 0 Å². The fraction of sp³-hybridized carbons (Fsp3) is 0.176. The van der Waals surface area contributed by atoms with Crippen molar-refractivity contribution in [2.75, 3.05) is 13.2 Å². The van der Waals surface area contributed by atoms with E-state index in [1.807, 2.05) is 0 Å². The second-order valence-corrected chi connectivity index (χ2v) is 9.84. The lowest BCUT2D eigenvalue weighted by molar-refractivity contribution is -0.327. The van der Waals surface area contributed by atoms with E-state index in [-0.39, 0.29) is 22.3 Å². The van der Waals surface area contributed by atoms with Crippen LogP contribution in [-0.2, 0) is 23.7 Å². The molecule has 10 heteroatoms. The lowest BCUT2D eigenvalue weighted by Crippen LogP contribution is -2.66. The average molecular weight is 597 g/mol. The third-order valence-electron chi connectivity index (χ3n) is 6.79. The molecule has 0 amide bonds. The van der Waals surface area contributed by atoms with Gasteiger partial charge < -0.3 is 28.8 Å². The predicted octanol–water partition coefficient (Wildman–Crippen LogP) is 4.24. The second-order valence-electron chi connectivity index (χ2n) is 9.84. The van der Waals surface area contributed by atoms with Gasteiger partial charge in [0.25, 0.3) is 0 Å². The number of hydrogen-bond donors (Lipinski definition) is 1. The van der Waals surface area contributed by atoms with Gasteiger partial charge in [-0.15, -0.1) is 0 Å². The molecule has 1 N–H and O–H groups in total. The van der Waals surface area contributed by atoms with Crippen LogP contribution in [0.4, 0.5) is 0 Å². The van der Waals surface area contributed by atoms with E-state index in [0.29, 0.717) is 0 Å². The lowest BCUT2D eigenvalue weighted by Gasteiger charge is -2.45. The van der Waals surface area contributed by atoms with Crippen LogP contribution in [0.5, 0.6) is 0 Å². The van der Waals surface area contributed by atoms with E-state index in [1.165, 1.54) is 48.5 Å². The summed E-state index contributed by atoms with van der Waals surface area (Å²) in [7, 11) is 0. The van der Waals surface area contributed by atoms with Crippen molar-refractivity contribution in [1.29, 1.82) is 0 Å². The maximum atomic E-state index is 13.3. The van der Waals surface area contributed by atoms with Crippen molar-refractivity contribution in [2.24, 2.45) is 0 Å². The molecule has 224 valence electrons. The Morgan fingerprint density at radius 1 is 0.591 bits per heavy atom. The molecule has 0 radical (unpaired) electrons. The van der Waals surface area contributed by atoms with Gasteiger partial charge in [-0.1, -0.05) is 72.8 Å². The molecule has 0 aliphatic carbocycles. The number of hydrogen-bond acceptors (Lipinski definition) is 10. The number of esters is 4. The van der Waals surface area contributed by atoms with Gasteiger partial charge in [0.1, 0.15) is 6.61 Å². The highest BCUT2D eigenvalue weighted by Gasteiger charge is 2.57. The maximum Gasteiger partial charge on any atom is 0.338 e. The van der Waals surface area contributed by atoms with Crippen molar-refractivity contribution in [3.63, 3.8) is 0 Å². The Labute approximate surface area is 252 Å². The van der Waals surface area contributed by atoms with E-state index in [9.17, 15) is 24.3 Å². The molecule has 0 spiro atoms. The van der Waals surface area contributed by atoms with Crippen molar-refractivity contribution >= 4 is 23.9 Å². The van der Waals surface area contributed by atoms with Crippen LogP contribution in [0.15, 0.2) is 121 Å². The smallest absolute Gasteiger partial charge is 0.338 e. The first kappa shape index (κ1) is 30.1. The molecule has 0 aromatic heterocycles. The Kier molecular flexibility index (Phi) is 9.43. The molecule has 1 saturated heterocycles. The summed E-state index contributed by atoms with van der Waals surface area (Å²) in [5, 5.41) is 11.7. The summed E-state index contributed by atoms with van der Waals surface area (Å²) in [5.41, 5.74) is 0.675. The molecule has 44 heavy (non-hydrogen) atoms. The summed E-state index contributed by atoms with van der Waals surface area (Å²) >= 11 is 0. The summed E-state index contributed by atoms with van der Waals surface area (Å²) in [6.07, 6.45) is -4.74. The molecule has 0 bridgehead atoms. The summed E-state index contributed by atoms with van der Waals surface area (Å²) in [5.74, 6) is -5.81. The van der Waals surface area contributed by atoms with Crippen LogP contribution in [0, 0.1) is 0 Å². The zero-order chi connectivity index (χ0) is 30.9. The van der Waals surface area contributed by atoms with Gasteiger partial charge in [-0.05, 0) is 48.5 Å². The molecule has 1 aliphatic heterocycles. The van der Waals surface area contributed by atoms with Crippen LogP contribution >= 0.6 is 0 Å². The Morgan fingerprint density at radius 2 is 0.977 bits per heavy atom. The van der Waals surface area contributed by atoms with E-state index < -0.39 is 61.2 Å². The first-order valence-electron chi connectivity index (χ1n) is 13.7. The number of ether oxygens (including phenoxy) is 5. The zero-order valence-electron chi connectivity index (χ0n) is 23.3. The van der Waals surface area contributed by atoms with E-state index in [4.69, 9.17) is 23.7 Å². The van der Waals surface area contributed by atoms with Gasteiger partial charge in [0.05, 0.1) is 28.9 Å². The molecule has 10 nitrogen and oxygen atoms in total. The Bertz CT molecular complexity index is 1580. The normalized spacial score (nSPS) is 21.0. The van der Waals surface area contributed by atoms with E-state index >= 15 is 0 Å². The molecular weight excluding hydrogens is 568 g/mol. The first-order chi connectivity index (χ1) is 21.3. The zero-order valence-corrected chi connectivity index (χ0v) is 23.3. The third-order valence-corrected chi connectivity index (χ3v) is 6.79. The fourth-order valence-electron chi connectivity index (χ4n) is 4.51. The van der Waals surface area contributed by atoms with Crippen molar-refractivity contribution in [1.82, 2.24) is 0 Å². The van der Waals surface area contributed by atoms with E-state index in [1.54, 1.807) is 72.8 Å². The largest absolute Gasteiger partial charge is 0.456 e. The second kappa shape index (κ2) is 13.8. The quantitative estimate of drug-likeness (QED) is 0.221. The molecule has 1 fully saturated rings. The number of benzene rings is 4. The molecule has 5 rings (SSSR count). The highest BCUT2D eigenvalue weighted by Crippen LogP contribution is 2.33. The van der Waals surface area contributed by atoms with Crippen LogP contribution in [0.2, 0.25) is 0 Å². The SMILES string of the molecule is O=C(OC[C@@]1(O)OCC(OC(=O)c2ccccc2)C(OC(=O)c2ccccc2)C1OC(=O)c1ccccc1)c1ccccc1. The summed E-state index contributed by atoms with van der Waals surface area (Å²) in [6, 6.07) is 32.0. The Hall–Kier alpha value is -5.32. The monoisotopic (exact) mass is 596 g/mol. The Morgan fingerprint density at radius 3 is 1.43 bits per heavy atom. The van der Waals surface area contributed by atoms with Crippen LogP contribution in [0.3, 0.4) is 0 Å². The van der Waals surface area contributed by atoms with Gasteiger partial charge in [-0.2, -0.15) is 0 Å². The van der Waals surface area contributed by atoms with E-state index in [0.717, 1.165) is 0 Å². The van der Waals surface area contributed by atoms with Gasteiger partial charge >= 0.3 is 23.9 Å². The highest BCUT2D eigenvalue weighted by atomic mass is 16.7. The number of carbonyl (C=O) groups excluding carboxylic acids is 4. The van der Waals surface area contributed by atoms with Crippen LogP contribution < -0.4 is 0 Å². The summed E-state index contributed by atoms with van der Waals surface area (Å²) < 4.78 is 28.3. The predicted molar refractivity (Wildman–Crippen MR) is 155 cm³/mol. The molecule has 4 aromatic rings. The molecule has 4 aromatic carbocycles. The van der Waals surface area contributed by atoms with Crippen LogP contribution in [-0.4, -0.2) is 66.3 Å². The fourth-order valence-corrected chi connectivity index (χ4v) is 4.51. The minimum atomic E-state index is -2.51.